The summed E-state index contributed by atoms with van der Waals surface area (Å²) in [6.45, 7) is 7.62. The lowest BCUT2D eigenvalue weighted by atomic mass is 9.81. The number of piperidine rings is 1. The molecule has 1 amide bonds. The Kier molecular flexibility index (Phi) is 8.95. The Morgan fingerprint density at radius 1 is 1.03 bits per heavy atom. The average molecular weight is 514 g/mol. The van der Waals surface area contributed by atoms with Crippen LogP contribution in [0.1, 0.15) is 69.4 Å². The van der Waals surface area contributed by atoms with Crippen LogP contribution in [0.5, 0.6) is 5.75 Å². The summed E-state index contributed by atoms with van der Waals surface area (Å²) in [5.41, 5.74) is 4.45. The van der Waals surface area contributed by atoms with Crippen LogP contribution in [-0.2, 0) is 11.2 Å². The van der Waals surface area contributed by atoms with Crippen molar-refractivity contribution < 1.29 is 9.53 Å². The van der Waals surface area contributed by atoms with Gasteiger partial charge in [0.1, 0.15) is 17.4 Å². The summed E-state index contributed by atoms with van der Waals surface area (Å²) in [5, 5.41) is 4.29. The van der Waals surface area contributed by atoms with Crippen LogP contribution in [0.25, 0.3) is 10.9 Å². The molecule has 2 aliphatic rings. The molecule has 1 aliphatic carbocycles. The summed E-state index contributed by atoms with van der Waals surface area (Å²) < 4.78 is 6.59. The number of amides is 1. The van der Waals surface area contributed by atoms with E-state index in [1.54, 1.807) is 0 Å². The number of carbonyl (C=O) groups excluding carboxylic acids is 1. The molecule has 0 bridgehead atoms. The first-order chi connectivity index (χ1) is 18.6. The zero-order valence-electron chi connectivity index (χ0n) is 23.1. The highest BCUT2D eigenvalue weighted by molar-refractivity contribution is 5.92. The lowest BCUT2D eigenvalue weighted by Crippen LogP contribution is -2.41. The minimum absolute atomic E-state index is 0.142. The van der Waals surface area contributed by atoms with Gasteiger partial charge in [-0.3, -0.25) is 9.78 Å². The lowest BCUT2D eigenvalue weighted by molar-refractivity contribution is -0.121. The maximum Gasteiger partial charge on any atom is 0.227 e. The first kappa shape index (κ1) is 26.7. The van der Waals surface area contributed by atoms with Crippen molar-refractivity contribution in [1.29, 1.82) is 0 Å². The second-order valence-electron chi connectivity index (χ2n) is 11.5. The van der Waals surface area contributed by atoms with Gasteiger partial charge in [-0.2, -0.15) is 0 Å². The fraction of sp³-hybridized carbons (Fsp3) is 0.515. The number of likely N-dealkylation sites (tertiary alicyclic amines) is 1. The van der Waals surface area contributed by atoms with Gasteiger partial charge in [0.25, 0.3) is 0 Å². The third-order valence-electron chi connectivity index (χ3n) is 8.43. The van der Waals surface area contributed by atoms with Gasteiger partial charge in [-0.1, -0.05) is 37.1 Å². The summed E-state index contributed by atoms with van der Waals surface area (Å²) in [4.78, 5) is 20.0. The number of nitrogens with one attached hydrogen (secondary N) is 1. The lowest BCUT2D eigenvalue weighted by Gasteiger charge is -2.36. The SMILES string of the molecule is CCCCc1cc(OC2CCN(CC3CCC(C(=O)Nc4ccc(C)cc4)CC3)CC2)c2ncccc2c1. The van der Waals surface area contributed by atoms with Crippen LogP contribution in [0, 0.1) is 18.8 Å². The van der Waals surface area contributed by atoms with Crippen molar-refractivity contribution in [3.8, 4) is 5.75 Å². The average Bonchev–Trinajstić information content (AvgIpc) is 2.94. The standard InChI is InChI=1S/C33H43N3O2/c1-3-4-6-26-21-28-7-5-18-34-32(28)31(22-26)38-30-16-19-36(20-17-30)23-25-10-12-27(13-11-25)33(37)35-29-14-8-24(2)9-15-29/h5,7-9,14-15,18,21-22,25,27,30H,3-4,6,10-13,16-17,19-20,23H2,1-2H3,(H,35,37). The number of unbranched alkanes of at least 4 members (excludes halogenated alkanes) is 1. The molecule has 3 aromatic rings. The van der Waals surface area contributed by atoms with E-state index in [4.69, 9.17) is 4.74 Å². The van der Waals surface area contributed by atoms with Gasteiger partial charge >= 0.3 is 0 Å². The maximum atomic E-state index is 12.7. The highest BCUT2D eigenvalue weighted by Crippen LogP contribution is 2.32. The van der Waals surface area contributed by atoms with Gasteiger partial charge in [0.2, 0.25) is 5.91 Å². The normalized spacial score (nSPS) is 20.9. The largest absolute Gasteiger partial charge is 0.488 e. The van der Waals surface area contributed by atoms with Crippen molar-refractivity contribution in [1.82, 2.24) is 9.88 Å². The molecule has 1 saturated carbocycles. The van der Waals surface area contributed by atoms with Crippen LogP contribution in [0.3, 0.4) is 0 Å². The van der Waals surface area contributed by atoms with E-state index < -0.39 is 0 Å². The molecular weight excluding hydrogens is 470 g/mol. The number of ether oxygens (including phenoxy) is 1. The summed E-state index contributed by atoms with van der Waals surface area (Å²) in [6.07, 6.45) is 12.0. The van der Waals surface area contributed by atoms with E-state index in [0.29, 0.717) is 5.92 Å². The Labute approximate surface area is 228 Å². The minimum Gasteiger partial charge on any atom is -0.488 e. The van der Waals surface area contributed by atoms with E-state index in [9.17, 15) is 4.79 Å². The highest BCUT2D eigenvalue weighted by atomic mass is 16.5. The van der Waals surface area contributed by atoms with Gasteiger partial charge < -0.3 is 15.0 Å². The molecule has 0 atom stereocenters. The Morgan fingerprint density at radius 2 is 1.79 bits per heavy atom. The molecule has 5 heteroatoms. The number of carbonyl (C=O) groups is 1. The van der Waals surface area contributed by atoms with Crippen LogP contribution in [-0.4, -0.2) is 41.5 Å². The second kappa shape index (κ2) is 12.8. The van der Waals surface area contributed by atoms with Crippen LogP contribution in [0.15, 0.2) is 54.7 Å². The second-order valence-corrected chi connectivity index (χ2v) is 11.5. The highest BCUT2D eigenvalue weighted by Gasteiger charge is 2.29. The van der Waals surface area contributed by atoms with Gasteiger partial charge in [-0.05, 0) is 100 Å². The van der Waals surface area contributed by atoms with Crippen molar-refractivity contribution in [2.75, 3.05) is 25.0 Å². The quantitative estimate of drug-likeness (QED) is 0.329. The molecule has 0 spiro atoms. The molecule has 202 valence electrons. The van der Waals surface area contributed by atoms with E-state index >= 15 is 0 Å². The van der Waals surface area contributed by atoms with Gasteiger partial charge in [0.15, 0.2) is 0 Å². The van der Waals surface area contributed by atoms with Crippen LogP contribution in [0.2, 0.25) is 0 Å². The Bertz CT molecular complexity index is 1190. The molecule has 1 saturated heterocycles. The molecule has 5 nitrogen and oxygen atoms in total. The van der Waals surface area contributed by atoms with Gasteiger partial charge in [0.05, 0.1) is 0 Å². The van der Waals surface area contributed by atoms with E-state index in [0.717, 1.165) is 81.5 Å². The monoisotopic (exact) mass is 513 g/mol. The van der Waals surface area contributed by atoms with Gasteiger partial charge in [0, 0.05) is 42.8 Å². The number of hydrogen-bond acceptors (Lipinski definition) is 4. The van der Waals surface area contributed by atoms with E-state index in [1.807, 2.05) is 36.5 Å². The fourth-order valence-corrected chi connectivity index (χ4v) is 6.08. The summed E-state index contributed by atoms with van der Waals surface area (Å²) in [7, 11) is 0. The molecule has 2 heterocycles. The predicted octanol–water partition coefficient (Wildman–Crippen LogP) is 7.17. The van der Waals surface area contributed by atoms with Crippen LogP contribution >= 0.6 is 0 Å². The van der Waals surface area contributed by atoms with E-state index in [1.165, 1.54) is 29.4 Å². The van der Waals surface area contributed by atoms with Crippen molar-refractivity contribution in [3.05, 3.63) is 65.9 Å². The minimum atomic E-state index is 0.142. The predicted molar refractivity (Wildman–Crippen MR) is 156 cm³/mol. The summed E-state index contributed by atoms with van der Waals surface area (Å²) >= 11 is 0. The van der Waals surface area contributed by atoms with Crippen LogP contribution in [0.4, 0.5) is 5.69 Å². The number of hydrogen-bond donors (Lipinski definition) is 1. The molecule has 1 aliphatic heterocycles. The first-order valence-electron chi connectivity index (χ1n) is 14.7. The summed E-state index contributed by atoms with van der Waals surface area (Å²) in [5.74, 6) is 1.98. The number of pyridine rings is 1. The molecule has 0 unspecified atom stereocenters. The number of benzene rings is 2. The van der Waals surface area contributed by atoms with Crippen molar-refractivity contribution in [2.24, 2.45) is 11.8 Å². The number of rotatable bonds is 9. The number of anilines is 1. The number of fused-ring (bicyclic) bond motifs is 1. The molecule has 1 aromatic heterocycles. The molecular formula is C33H43N3O2. The Morgan fingerprint density at radius 3 is 2.53 bits per heavy atom. The van der Waals surface area contributed by atoms with Gasteiger partial charge in [-0.15, -0.1) is 0 Å². The third kappa shape index (κ3) is 6.93. The van der Waals surface area contributed by atoms with Crippen LogP contribution < -0.4 is 10.1 Å². The maximum absolute atomic E-state index is 12.7. The molecule has 2 aromatic carbocycles. The zero-order valence-corrected chi connectivity index (χ0v) is 23.1. The molecule has 38 heavy (non-hydrogen) atoms. The Hall–Kier alpha value is -2.92. The van der Waals surface area contributed by atoms with Crippen molar-refractivity contribution >= 4 is 22.5 Å². The van der Waals surface area contributed by atoms with Crippen molar-refractivity contribution in [2.45, 2.75) is 77.7 Å². The smallest absolute Gasteiger partial charge is 0.227 e. The molecule has 5 rings (SSSR count). The van der Waals surface area contributed by atoms with E-state index in [-0.39, 0.29) is 17.9 Å². The van der Waals surface area contributed by atoms with Crippen molar-refractivity contribution in [3.63, 3.8) is 0 Å². The third-order valence-corrected chi connectivity index (χ3v) is 8.43. The number of nitrogens with zero attached hydrogens (tertiary/aromatic N) is 2. The molecule has 0 radical (unpaired) electrons. The number of aryl methyl sites for hydroxylation is 2. The molecule has 2 fully saturated rings. The fourth-order valence-electron chi connectivity index (χ4n) is 6.08. The Balaban J connectivity index is 1.08. The van der Waals surface area contributed by atoms with E-state index in [2.05, 4.69) is 47.2 Å². The summed E-state index contributed by atoms with van der Waals surface area (Å²) in [6, 6.07) is 16.7. The zero-order chi connectivity index (χ0) is 26.3. The number of aromatic nitrogens is 1. The first-order valence-corrected chi connectivity index (χ1v) is 14.7. The van der Waals surface area contributed by atoms with Gasteiger partial charge in [-0.25, -0.2) is 0 Å². The topological polar surface area (TPSA) is 54.5 Å². The molecule has 1 N–H and O–H groups in total.